The second-order valence-electron chi connectivity index (χ2n) is 9.96. The highest BCUT2D eigenvalue weighted by Gasteiger charge is 2.43. The van der Waals surface area contributed by atoms with Gasteiger partial charge in [-0.3, -0.25) is 4.79 Å². The van der Waals surface area contributed by atoms with Gasteiger partial charge in [0.05, 0.1) is 33.4 Å². The van der Waals surface area contributed by atoms with Crippen LogP contribution in [-0.4, -0.2) is 21.9 Å². The van der Waals surface area contributed by atoms with E-state index >= 15 is 0 Å². The fraction of sp³-hybridized carbons (Fsp3) is 0.129. The van der Waals surface area contributed by atoms with Gasteiger partial charge in [0, 0.05) is 38.1 Å². The minimum absolute atomic E-state index is 0.149. The van der Waals surface area contributed by atoms with Crippen molar-refractivity contribution in [3.63, 3.8) is 0 Å². The van der Waals surface area contributed by atoms with Crippen LogP contribution >= 0.6 is 0 Å². The molecule has 6 rings (SSSR count). The smallest absolute Gasteiger partial charge is 0.284 e. The second-order valence-corrected chi connectivity index (χ2v) is 9.96. The van der Waals surface area contributed by atoms with E-state index in [2.05, 4.69) is 9.97 Å². The van der Waals surface area contributed by atoms with Crippen LogP contribution in [0.5, 0.6) is 0 Å². The van der Waals surface area contributed by atoms with E-state index in [1.807, 2.05) is 0 Å². The van der Waals surface area contributed by atoms with Gasteiger partial charge in [0.15, 0.2) is 0 Å². The molecule has 6 aromatic rings. The van der Waals surface area contributed by atoms with Crippen LogP contribution in [0.4, 0.5) is 39.5 Å². The van der Waals surface area contributed by atoms with Gasteiger partial charge in [0.1, 0.15) is 0 Å². The number of pyridine rings is 2. The molecule has 0 amide bonds. The van der Waals surface area contributed by atoms with Crippen LogP contribution in [0, 0.1) is 6.92 Å². The van der Waals surface area contributed by atoms with E-state index < -0.39 is 79.0 Å². The highest BCUT2D eigenvalue weighted by molar-refractivity contribution is 6.26. The number of aryl methyl sites for hydroxylation is 1. The first-order valence-corrected chi connectivity index (χ1v) is 12.5. The van der Waals surface area contributed by atoms with E-state index in [9.17, 15) is 44.3 Å². The fourth-order valence-corrected chi connectivity index (χ4v) is 5.34. The molecule has 0 saturated carbocycles. The number of carbonyl (C=O) groups excluding carboxylic acids is 1. The zero-order valence-electron chi connectivity index (χ0n) is 21.6. The topological polar surface area (TPSA) is 42.9 Å². The molecule has 3 nitrogen and oxygen atoms in total. The van der Waals surface area contributed by atoms with E-state index in [4.69, 9.17) is 0 Å². The lowest BCUT2D eigenvalue weighted by molar-refractivity contribution is -0.136. The average Bonchev–Trinajstić information content (AvgIpc) is 2.93. The summed E-state index contributed by atoms with van der Waals surface area (Å²) in [5.74, 6) is -2.54. The van der Waals surface area contributed by atoms with Crippen molar-refractivity contribution in [3.05, 3.63) is 95.1 Å². The molecule has 43 heavy (non-hydrogen) atoms. The first kappa shape index (κ1) is 28.4. The quantitative estimate of drug-likeness (QED) is 0.0858. The van der Waals surface area contributed by atoms with Crippen molar-refractivity contribution in [1.29, 1.82) is 0 Å². The number of ketones is 1. The Bertz CT molecular complexity index is 2110. The summed E-state index contributed by atoms with van der Waals surface area (Å²) in [7, 11) is 0. The summed E-state index contributed by atoms with van der Waals surface area (Å²) < 4.78 is 128. The summed E-state index contributed by atoms with van der Waals surface area (Å²) >= 11 is 0. The van der Waals surface area contributed by atoms with Gasteiger partial charge in [-0.1, -0.05) is 54.1 Å². The molecule has 0 saturated heterocycles. The highest BCUT2D eigenvalue weighted by atomic mass is 19.4. The molecule has 2 heterocycles. The molecule has 2 aromatic heterocycles. The summed E-state index contributed by atoms with van der Waals surface area (Å²) in [5.41, 5.74) is -4.74. The number of rotatable bonds is 2. The fourth-order valence-electron chi connectivity index (χ4n) is 5.34. The summed E-state index contributed by atoms with van der Waals surface area (Å²) in [6, 6.07) is 14.4. The normalized spacial score (nSPS) is 13.0. The van der Waals surface area contributed by atoms with Crippen molar-refractivity contribution < 1.29 is 44.3 Å². The zero-order chi connectivity index (χ0) is 31.1. The number of hydrogen-bond donors (Lipinski definition) is 0. The summed E-state index contributed by atoms with van der Waals surface area (Å²) in [4.78, 5) is 21.4. The minimum atomic E-state index is -5.58. The largest absolute Gasteiger partial charge is 0.454 e. The molecule has 4 aromatic carbocycles. The van der Waals surface area contributed by atoms with Gasteiger partial charge < -0.3 is 0 Å². The highest BCUT2D eigenvalue weighted by Crippen LogP contribution is 2.46. The Morgan fingerprint density at radius 1 is 0.651 bits per heavy atom. The monoisotopic (exact) mass is 602 g/mol. The van der Waals surface area contributed by atoms with Crippen LogP contribution in [0.1, 0.15) is 27.0 Å². The standard InChI is InChI=1S/C31H15F9N2O/c1-14-7-10-22-18(11-14)25(30(35,36)37)20-12-19(28(43)31(38,39)40)24-17(26(20)41-22)9-8-16-21(29(32,33)34)13-23(42-27(16)24)15-5-3-2-4-6-15/h2-13H,1H3. The lowest BCUT2D eigenvalue weighted by Crippen LogP contribution is -2.23. The van der Waals surface area contributed by atoms with E-state index in [1.54, 1.807) is 6.07 Å². The van der Waals surface area contributed by atoms with Gasteiger partial charge in [-0.2, -0.15) is 39.5 Å². The van der Waals surface area contributed by atoms with Crippen molar-refractivity contribution >= 4 is 49.3 Å². The molecule has 0 aliphatic carbocycles. The van der Waals surface area contributed by atoms with E-state index in [0.717, 1.165) is 18.2 Å². The van der Waals surface area contributed by atoms with Crippen LogP contribution in [0.2, 0.25) is 0 Å². The molecule has 0 radical (unpaired) electrons. The lowest BCUT2D eigenvalue weighted by Gasteiger charge is -2.19. The Labute approximate surface area is 235 Å². The Morgan fingerprint density at radius 3 is 1.95 bits per heavy atom. The van der Waals surface area contributed by atoms with Crippen LogP contribution < -0.4 is 0 Å². The zero-order valence-corrected chi connectivity index (χ0v) is 21.6. The van der Waals surface area contributed by atoms with Gasteiger partial charge in [-0.25, -0.2) is 9.97 Å². The molecule has 218 valence electrons. The molecule has 0 atom stereocenters. The van der Waals surface area contributed by atoms with Crippen LogP contribution in [0.3, 0.4) is 0 Å². The maximum Gasteiger partial charge on any atom is 0.454 e. The van der Waals surface area contributed by atoms with Crippen LogP contribution in [-0.2, 0) is 12.4 Å². The number of fused-ring (bicyclic) bond motifs is 6. The number of hydrogen-bond acceptors (Lipinski definition) is 3. The maximum absolute atomic E-state index is 14.6. The number of alkyl halides is 9. The van der Waals surface area contributed by atoms with Gasteiger partial charge in [-0.05, 0) is 31.2 Å². The van der Waals surface area contributed by atoms with Crippen LogP contribution in [0.15, 0.2) is 72.8 Å². The van der Waals surface area contributed by atoms with Gasteiger partial charge in [0.2, 0.25) is 0 Å². The molecule has 0 spiro atoms. The third-order valence-electron chi connectivity index (χ3n) is 7.13. The summed E-state index contributed by atoms with van der Waals surface area (Å²) in [6.45, 7) is 1.52. The number of Topliss-reactive ketones (excluding diaryl/α,β-unsaturated/α-hetero) is 1. The van der Waals surface area contributed by atoms with Crippen molar-refractivity contribution in [1.82, 2.24) is 9.97 Å². The lowest BCUT2D eigenvalue weighted by atomic mass is 9.90. The molecule has 0 aliphatic heterocycles. The number of aromatic nitrogens is 2. The number of benzene rings is 4. The Kier molecular flexibility index (Phi) is 6.19. The molecule has 0 bridgehead atoms. The molecule has 0 fully saturated rings. The van der Waals surface area contributed by atoms with E-state index in [0.29, 0.717) is 11.6 Å². The maximum atomic E-state index is 14.6. The second kappa shape index (κ2) is 9.38. The average molecular weight is 602 g/mol. The SMILES string of the molecule is Cc1ccc2nc3c(cc(C(=O)C(F)(F)F)c4c3ccc3c(C(F)(F)F)cc(-c5ccccc5)nc34)c(C(F)(F)F)c2c1. The predicted molar refractivity (Wildman–Crippen MR) is 143 cm³/mol. The molecule has 0 unspecified atom stereocenters. The molecular formula is C31H15F9N2O. The predicted octanol–water partition coefficient (Wildman–Crippen LogP) is 9.85. The Hall–Kier alpha value is -4.74. The summed E-state index contributed by atoms with van der Waals surface area (Å²) in [6.07, 6.45) is -15.7. The van der Waals surface area contributed by atoms with E-state index in [-0.39, 0.29) is 16.8 Å². The van der Waals surface area contributed by atoms with Crippen molar-refractivity contribution in [2.45, 2.75) is 25.5 Å². The van der Waals surface area contributed by atoms with Gasteiger partial charge in [-0.15, -0.1) is 0 Å². The first-order chi connectivity index (χ1) is 20.1. The van der Waals surface area contributed by atoms with Crippen molar-refractivity contribution in [2.24, 2.45) is 0 Å². The van der Waals surface area contributed by atoms with Gasteiger partial charge in [0.25, 0.3) is 5.78 Å². The first-order valence-electron chi connectivity index (χ1n) is 12.5. The van der Waals surface area contributed by atoms with Crippen molar-refractivity contribution in [2.75, 3.05) is 0 Å². The third kappa shape index (κ3) is 4.70. The Morgan fingerprint density at radius 2 is 1.33 bits per heavy atom. The molecule has 12 heteroatoms. The van der Waals surface area contributed by atoms with Gasteiger partial charge >= 0.3 is 18.5 Å². The number of carbonyl (C=O) groups is 1. The molecule has 0 N–H and O–H groups in total. The summed E-state index contributed by atoms with van der Waals surface area (Å²) in [5, 5.41) is -2.93. The Balaban J connectivity index is 1.90. The van der Waals surface area contributed by atoms with Crippen LogP contribution in [0.25, 0.3) is 54.7 Å². The molecular weight excluding hydrogens is 587 g/mol. The number of halogens is 9. The van der Waals surface area contributed by atoms with Crippen molar-refractivity contribution in [3.8, 4) is 11.3 Å². The molecule has 0 aliphatic rings. The third-order valence-corrected chi connectivity index (χ3v) is 7.13. The van der Waals surface area contributed by atoms with E-state index in [1.165, 1.54) is 49.4 Å². The minimum Gasteiger partial charge on any atom is -0.284 e. The number of nitrogens with zero attached hydrogens (tertiary/aromatic N) is 2.